The lowest BCUT2D eigenvalue weighted by molar-refractivity contribution is -0.111. The Morgan fingerprint density at radius 2 is 1.89 bits per heavy atom. The van der Waals surface area contributed by atoms with Gasteiger partial charge >= 0.3 is 0 Å². The van der Waals surface area contributed by atoms with Crippen LogP contribution in [0.25, 0.3) is 10.3 Å². The number of hydrogen-bond donors (Lipinski definition) is 1. The van der Waals surface area contributed by atoms with Crippen LogP contribution in [0.1, 0.15) is 0 Å². The van der Waals surface area contributed by atoms with Gasteiger partial charge in [-0.2, -0.15) is 0 Å². The van der Waals surface area contributed by atoms with Crippen LogP contribution in [0.3, 0.4) is 0 Å². The van der Waals surface area contributed by atoms with E-state index < -0.39 is 0 Å². The number of nitrogens with one attached hydrogen (secondary N) is 1. The largest absolute Gasteiger partial charge is 0.329 e. The SMILES string of the molecule is CN(C)C/C=C/C(=O)Nc1nc2ccc(N(C)c3ccc(Cl)cc3)nc2s1. The summed E-state index contributed by atoms with van der Waals surface area (Å²) in [6.07, 6.45) is 3.32. The van der Waals surface area contributed by atoms with Gasteiger partial charge in [0.05, 0.1) is 0 Å². The van der Waals surface area contributed by atoms with E-state index in [1.165, 1.54) is 17.4 Å². The summed E-state index contributed by atoms with van der Waals surface area (Å²) in [6.45, 7) is 0.704. The van der Waals surface area contributed by atoms with Gasteiger partial charge in [-0.3, -0.25) is 10.1 Å². The number of carbonyl (C=O) groups excluding carboxylic acids is 1. The highest BCUT2D eigenvalue weighted by Crippen LogP contribution is 2.29. The third-order valence-electron chi connectivity index (χ3n) is 3.77. The maximum atomic E-state index is 12.0. The van der Waals surface area contributed by atoms with Gasteiger partial charge in [0, 0.05) is 30.4 Å². The number of benzene rings is 1. The molecule has 140 valence electrons. The average molecular weight is 402 g/mol. The van der Waals surface area contributed by atoms with Gasteiger partial charge in [-0.1, -0.05) is 29.0 Å². The van der Waals surface area contributed by atoms with Crippen molar-refractivity contribution in [2.45, 2.75) is 0 Å². The highest BCUT2D eigenvalue weighted by Gasteiger charge is 2.11. The summed E-state index contributed by atoms with van der Waals surface area (Å²) in [5.74, 6) is 0.589. The zero-order chi connectivity index (χ0) is 19.4. The summed E-state index contributed by atoms with van der Waals surface area (Å²) in [5, 5.41) is 4.01. The van der Waals surface area contributed by atoms with Crippen LogP contribution in [-0.4, -0.2) is 48.5 Å². The quantitative estimate of drug-likeness (QED) is 0.628. The molecule has 0 aliphatic carbocycles. The van der Waals surface area contributed by atoms with Gasteiger partial charge in [0.25, 0.3) is 0 Å². The number of aromatic nitrogens is 2. The highest BCUT2D eigenvalue weighted by molar-refractivity contribution is 7.22. The number of rotatable bonds is 6. The van der Waals surface area contributed by atoms with Gasteiger partial charge < -0.3 is 9.80 Å². The fraction of sp³-hybridized carbons (Fsp3) is 0.211. The number of amides is 1. The zero-order valence-electron chi connectivity index (χ0n) is 15.3. The summed E-state index contributed by atoms with van der Waals surface area (Å²) >= 11 is 7.30. The average Bonchev–Trinajstić information content (AvgIpc) is 3.02. The number of anilines is 3. The molecule has 0 atom stereocenters. The fourth-order valence-electron chi connectivity index (χ4n) is 2.36. The second-order valence-electron chi connectivity index (χ2n) is 6.20. The molecule has 0 saturated heterocycles. The second-order valence-corrected chi connectivity index (χ2v) is 7.62. The van der Waals surface area contributed by atoms with Crippen LogP contribution in [0, 0.1) is 0 Å². The number of pyridine rings is 1. The van der Waals surface area contributed by atoms with Crippen molar-refractivity contribution in [1.29, 1.82) is 0 Å². The minimum Gasteiger partial charge on any atom is -0.329 e. The molecular formula is C19H20ClN5OS. The summed E-state index contributed by atoms with van der Waals surface area (Å²) in [6, 6.07) is 11.4. The van der Waals surface area contributed by atoms with E-state index in [0.29, 0.717) is 16.7 Å². The third-order valence-corrected chi connectivity index (χ3v) is 4.90. The second kappa shape index (κ2) is 8.47. The number of hydrogen-bond acceptors (Lipinski definition) is 6. The van der Waals surface area contributed by atoms with E-state index in [1.54, 1.807) is 6.08 Å². The fourth-order valence-corrected chi connectivity index (χ4v) is 3.32. The normalized spacial score (nSPS) is 11.4. The standard InChI is InChI=1S/C19H20ClN5OS/c1-24(2)12-4-5-17(26)23-19-21-15-10-11-16(22-18(15)27-19)25(3)14-8-6-13(20)7-9-14/h4-11H,12H2,1-3H3,(H,21,23,26)/b5-4+. The topological polar surface area (TPSA) is 61.4 Å². The molecule has 27 heavy (non-hydrogen) atoms. The summed E-state index contributed by atoms with van der Waals surface area (Å²) < 4.78 is 0. The van der Waals surface area contributed by atoms with Crippen LogP contribution >= 0.6 is 22.9 Å². The molecule has 0 unspecified atom stereocenters. The molecule has 1 amide bonds. The Kier molecular flexibility index (Phi) is 6.05. The number of fused-ring (bicyclic) bond motifs is 1. The molecule has 2 aromatic heterocycles. The van der Waals surface area contributed by atoms with E-state index in [-0.39, 0.29) is 5.91 Å². The van der Waals surface area contributed by atoms with Crippen molar-refractivity contribution in [2.24, 2.45) is 0 Å². The molecule has 3 rings (SSSR count). The Morgan fingerprint density at radius 3 is 2.59 bits per heavy atom. The molecule has 0 spiro atoms. The Labute approximate surface area is 167 Å². The molecular weight excluding hydrogens is 382 g/mol. The summed E-state index contributed by atoms with van der Waals surface area (Å²) in [4.78, 5) is 25.8. The van der Waals surface area contributed by atoms with E-state index in [0.717, 1.165) is 21.9 Å². The van der Waals surface area contributed by atoms with Crippen molar-refractivity contribution < 1.29 is 4.79 Å². The minimum atomic E-state index is -0.200. The smallest absolute Gasteiger partial charge is 0.249 e. The molecule has 0 aliphatic rings. The number of nitrogens with zero attached hydrogens (tertiary/aromatic N) is 4. The number of thiazole rings is 1. The van der Waals surface area contributed by atoms with Crippen LogP contribution in [0.4, 0.5) is 16.6 Å². The monoisotopic (exact) mass is 401 g/mol. The van der Waals surface area contributed by atoms with Gasteiger partial charge in [0.2, 0.25) is 5.91 Å². The Morgan fingerprint density at radius 1 is 1.15 bits per heavy atom. The summed E-state index contributed by atoms with van der Waals surface area (Å²) in [5.41, 5.74) is 1.73. The molecule has 6 nitrogen and oxygen atoms in total. The summed E-state index contributed by atoms with van der Waals surface area (Å²) in [7, 11) is 5.83. The van der Waals surface area contributed by atoms with E-state index in [2.05, 4.69) is 15.3 Å². The first-order valence-corrected chi connectivity index (χ1v) is 9.51. The van der Waals surface area contributed by atoms with Crippen LogP contribution in [0.2, 0.25) is 5.02 Å². The van der Waals surface area contributed by atoms with Gasteiger partial charge in [0.1, 0.15) is 16.2 Å². The lowest BCUT2D eigenvalue weighted by atomic mass is 10.3. The van der Waals surface area contributed by atoms with Crippen molar-refractivity contribution in [2.75, 3.05) is 37.9 Å². The van der Waals surface area contributed by atoms with Crippen molar-refractivity contribution in [1.82, 2.24) is 14.9 Å². The zero-order valence-corrected chi connectivity index (χ0v) is 16.9. The Hall–Kier alpha value is -2.48. The van der Waals surface area contributed by atoms with Crippen LogP contribution < -0.4 is 10.2 Å². The van der Waals surface area contributed by atoms with Gasteiger partial charge in [-0.05, 0) is 50.5 Å². The lowest BCUT2D eigenvalue weighted by Crippen LogP contribution is -2.12. The molecule has 0 radical (unpaired) electrons. The Balaban J connectivity index is 1.75. The van der Waals surface area contributed by atoms with Crippen molar-refractivity contribution in [3.8, 4) is 0 Å². The third kappa shape index (κ3) is 5.03. The maximum absolute atomic E-state index is 12.0. The first kappa shape index (κ1) is 19.3. The molecule has 0 saturated carbocycles. The Bertz CT molecular complexity index is 968. The van der Waals surface area contributed by atoms with E-state index in [1.807, 2.05) is 67.3 Å². The molecule has 3 aromatic rings. The predicted molar refractivity (Wildman–Crippen MR) is 113 cm³/mol. The molecule has 1 aromatic carbocycles. The van der Waals surface area contributed by atoms with Gasteiger partial charge in [0.15, 0.2) is 5.13 Å². The molecule has 1 N–H and O–H groups in total. The van der Waals surface area contributed by atoms with E-state index >= 15 is 0 Å². The van der Waals surface area contributed by atoms with E-state index in [4.69, 9.17) is 11.6 Å². The number of carbonyl (C=O) groups is 1. The van der Waals surface area contributed by atoms with Crippen LogP contribution in [0.15, 0.2) is 48.6 Å². The van der Waals surface area contributed by atoms with Crippen LogP contribution in [-0.2, 0) is 4.79 Å². The molecule has 0 fully saturated rings. The first-order valence-electron chi connectivity index (χ1n) is 8.31. The molecule has 2 heterocycles. The molecule has 0 aliphatic heterocycles. The highest BCUT2D eigenvalue weighted by atomic mass is 35.5. The minimum absolute atomic E-state index is 0.200. The lowest BCUT2D eigenvalue weighted by Gasteiger charge is -2.18. The first-order chi connectivity index (χ1) is 12.9. The maximum Gasteiger partial charge on any atom is 0.249 e. The molecule has 0 bridgehead atoms. The van der Waals surface area contributed by atoms with E-state index in [9.17, 15) is 4.79 Å². The van der Waals surface area contributed by atoms with Gasteiger partial charge in [-0.15, -0.1) is 0 Å². The van der Waals surface area contributed by atoms with Crippen molar-refractivity contribution >= 4 is 55.8 Å². The van der Waals surface area contributed by atoms with Gasteiger partial charge in [-0.25, -0.2) is 9.97 Å². The van der Waals surface area contributed by atoms with Crippen molar-refractivity contribution in [3.63, 3.8) is 0 Å². The van der Waals surface area contributed by atoms with Crippen molar-refractivity contribution in [3.05, 3.63) is 53.6 Å². The number of likely N-dealkylation sites (N-methyl/N-ethyl adjacent to an activating group) is 1. The number of halogens is 1. The molecule has 8 heteroatoms. The van der Waals surface area contributed by atoms with Crippen LogP contribution in [0.5, 0.6) is 0 Å². The predicted octanol–water partition coefficient (Wildman–Crippen LogP) is 4.17.